The second-order valence-electron chi connectivity index (χ2n) is 3.57. The van der Waals surface area contributed by atoms with E-state index in [0.717, 1.165) is 12.6 Å². The fourth-order valence-corrected chi connectivity index (χ4v) is 0.626. The number of methoxy groups -OCH3 is 1. The Balaban J connectivity index is 0. The van der Waals surface area contributed by atoms with Crippen molar-refractivity contribution in [2.24, 2.45) is 0 Å². The maximum atomic E-state index is 10.9. The first-order valence-corrected chi connectivity index (χ1v) is 4.90. The zero-order chi connectivity index (χ0) is 13.1. The van der Waals surface area contributed by atoms with Crippen molar-refractivity contribution in [2.45, 2.75) is 6.42 Å². The van der Waals surface area contributed by atoms with Crippen LogP contribution in [0, 0.1) is 0 Å². The Morgan fingerprint density at radius 1 is 1.25 bits per heavy atom. The van der Waals surface area contributed by atoms with E-state index in [1.165, 1.54) is 7.11 Å². The molecule has 0 aromatic carbocycles. The molecule has 0 aromatic heterocycles. The van der Waals surface area contributed by atoms with Gasteiger partial charge < -0.3 is 14.5 Å². The number of hydrogen-bond donors (Lipinski definition) is 0. The third-order valence-corrected chi connectivity index (χ3v) is 1.64. The lowest BCUT2D eigenvalue weighted by atomic mass is 10.4. The zero-order valence-electron chi connectivity index (χ0n) is 10.8. The van der Waals surface area contributed by atoms with E-state index >= 15 is 0 Å². The quantitative estimate of drug-likeness (QED) is 0.517. The summed E-state index contributed by atoms with van der Waals surface area (Å²) < 4.78 is 4.14. The second-order valence-corrected chi connectivity index (χ2v) is 3.57. The van der Waals surface area contributed by atoms with Crippen molar-refractivity contribution >= 4 is 11.9 Å². The molecule has 94 valence electrons. The summed E-state index contributed by atoms with van der Waals surface area (Å²) >= 11 is 0. The molecule has 16 heavy (non-hydrogen) atoms. The van der Waals surface area contributed by atoms with E-state index in [1.54, 1.807) is 19.0 Å². The van der Waals surface area contributed by atoms with Gasteiger partial charge in [0.2, 0.25) is 5.91 Å². The molecule has 0 rings (SSSR count). The van der Waals surface area contributed by atoms with Gasteiger partial charge in [0.15, 0.2) is 0 Å². The summed E-state index contributed by atoms with van der Waals surface area (Å²) in [6.07, 6.45) is 1.72. The first-order chi connectivity index (χ1) is 7.34. The Morgan fingerprint density at radius 2 is 1.75 bits per heavy atom. The summed E-state index contributed by atoms with van der Waals surface area (Å²) in [5.74, 6) is -0.205. The van der Waals surface area contributed by atoms with Gasteiger partial charge in [-0.2, -0.15) is 0 Å². The molecule has 0 spiro atoms. The van der Waals surface area contributed by atoms with Gasteiger partial charge in [0.1, 0.15) is 0 Å². The molecule has 0 saturated carbocycles. The molecule has 5 heteroatoms. The van der Waals surface area contributed by atoms with Crippen LogP contribution in [0.3, 0.4) is 0 Å². The van der Waals surface area contributed by atoms with Crippen LogP contribution in [0.15, 0.2) is 12.7 Å². The number of esters is 1. The van der Waals surface area contributed by atoms with E-state index in [-0.39, 0.29) is 5.91 Å². The number of carbonyl (C=O) groups excluding carboxylic acids is 2. The van der Waals surface area contributed by atoms with Crippen molar-refractivity contribution in [3.8, 4) is 0 Å². The molecule has 0 saturated heterocycles. The highest BCUT2D eigenvalue weighted by atomic mass is 16.5. The van der Waals surface area contributed by atoms with Crippen LogP contribution in [0.1, 0.15) is 6.42 Å². The average molecular weight is 230 g/mol. The Bertz CT molecular complexity index is 225. The fraction of sp³-hybridized carbons (Fsp3) is 0.636. The molecule has 0 bridgehead atoms. The van der Waals surface area contributed by atoms with Crippen LogP contribution >= 0.6 is 0 Å². The topological polar surface area (TPSA) is 49.9 Å². The maximum absolute atomic E-state index is 10.9. The number of nitrogens with zero attached hydrogens (tertiary/aromatic N) is 2. The molecule has 0 aromatic rings. The van der Waals surface area contributed by atoms with Crippen LogP contribution in [-0.2, 0) is 14.3 Å². The Kier molecular flexibility index (Phi) is 10.8. The van der Waals surface area contributed by atoms with Gasteiger partial charge in [-0.05, 0) is 14.1 Å². The van der Waals surface area contributed by atoms with E-state index < -0.39 is 5.97 Å². The van der Waals surface area contributed by atoms with E-state index in [2.05, 4.69) is 11.3 Å². The minimum atomic E-state index is -0.394. The molecule has 0 fully saturated rings. The third-order valence-electron chi connectivity index (χ3n) is 1.64. The maximum Gasteiger partial charge on any atom is 0.329 e. The summed E-state index contributed by atoms with van der Waals surface area (Å²) in [6, 6.07) is 0. The summed E-state index contributed by atoms with van der Waals surface area (Å²) in [7, 11) is 8.78. The predicted molar refractivity (Wildman–Crippen MR) is 64.1 cm³/mol. The van der Waals surface area contributed by atoms with Crippen molar-refractivity contribution in [1.82, 2.24) is 9.80 Å². The second kappa shape index (κ2) is 10.2. The summed E-state index contributed by atoms with van der Waals surface area (Å²) in [5.41, 5.74) is 0. The van der Waals surface area contributed by atoms with Crippen molar-refractivity contribution in [2.75, 3.05) is 41.8 Å². The smallest absolute Gasteiger partial charge is 0.329 e. The first kappa shape index (κ1) is 17.0. The van der Waals surface area contributed by atoms with Crippen molar-refractivity contribution in [3.63, 3.8) is 0 Å². The number of hydrogen-bond acceptors (Lipinski definition) is 4. The lowest BCUT2D eigenvalue weighted by molar-refractivity contribution is -0.134. The van der Waals surface area contributed by atoms with Crippen LogP contribution in [0.2, 0.25) is 0 Å². The number of amides is 1. The van der Waals surface area contributed by atoms with E-state index in [9.17, 15) is 9.59 Å². The minimum Gasteiger partial charge on any atom is -0.466 e. The normalized spacial score (nSPS) is 8.88. The zero-order valence-corrected chi connectivity index (χ0v) is 10.8. The van der Waals surface area contributed by atoms with Crippen LogP contribution < -0.4 is 0 Å². The van der Waals surface area contributed by atoms with Gasteiger partial charge >= 0.3 is 5.97 Å². The molecule has 0 aliphatic rings. The predicted octanol–water partition coefficient (Wildman–Crippen LogP) is 0.372. The molecule has 1 amide bonds. The standard InChI is InChI=1S/C7H16N2O.C4H6O2/c1-8(2)6-5-7(10)9(3)4;1-3-4(5)6-2/h5-6H2,1-4H3;3H,1H2,2H3. The monoisotopic (exact) mass is 230 g/mol. The van der Waals surface area contributed by atoms with E-state index in [0.29, 0.717) is 6.42 Å². The highest BCUT2D eigenvalue weighted by Gasteiger charge is 2.02. The van der Waals surface area contributed by atoms with Crippen LogP contribution in [-0.4, -0.2) is 63.5 Å². The Hall–Kier alpha value is -1.36. The molecule has 0 aliphatic carbocycles. The highest BCUT2D eigenvalue weighted by Crippen LogP contribution is 1.87. The molecular weight excluding hydrogens is 208 g/mol. The summed E-state index contributed by atoms with van der Waals surface area (Å²) in [5, 5.41) is 0. The van der Waals surface area contributed by atoms with Gasteiger partial charge in [-0.25, -0.2) is 4.79 Å². The summed E-state index contributed by atoms with van der Waals surface area (Å²) in [6.45, 7) is 3.99. The fourth-order valence-electron chi connectivity index (χ4n) is 0.626. The van der Waals surface area contributed by atoms with Crippen LogP contribution in [0.25, 0.3) is 0 Å². The molecule has 0 N–H and O–H groups in total. The van der Waals surface area contributed by atoms with Crippen LogP contribution in [0.5, 0.6) is 0 Å². The molecule has 0 aliphatic heterocycles. The first-order valence-electron chi connectivity index (χ1n) is 4.90. The summed E-state index contributed by atoms with van der Waals surface area (Å²) in [4.78, 5) is 24.4. The van der Waals surface area contributed by atoms with Gasteiger partial charge in [0, 0.05) is 33.1 Å². The highest BCUT2D eigenvalue weighted by molar-refractivity contribution is 5.80. The van der Waals surface area contributed by atoms with E-state index in [4.69, 9.17) is 0 Å². The van der Waals surface area contributed by atoms with Gasteiger partial charge in [0.05, 0.1) is 7.11 Å². The van der Waals surface area contributed by atoms with Gasteiger partial charge in [-0.15, -0.1) is 0 Å². The third kappa shape index (κ3) is 12.6. The number of ether oxygens (including phenoxy) is 1. The van der Waals surface area contributed by atoms with Gasteiger partial charge in [-0.3, -0.25) is 4.79 Å². The Morgan fingerprint density at radius 3 is 1.94 bits per heavy atom. The molecular formula is C11H22N2O3. The van der Waals surface area contributed by atoms with Gasteiger partial charge in [-0.1, -0.05) is 6.58 Å². The number of rotatable bonds is 4. The molecule has 0 atom stereocenters. The minimum absolute atomic E-state index is 0.189. The number of carbonyl (C=O) groups is 2. The SMILES string of the molecule is C=CC(=O)OC.CN(C)CCC(=O)N(C)C. The largest absolute Gasteiger partial charge is 0.466 e. The van der Waals surface area contributed by atoms with E-state index in [1.807, 2.05) is 19.0 Å². The van der Waals surface area contributed by atoms with Crippen molar-refractivity contribution in [3.05, 3.63) is 12.7 Å². The molecule has 0 unspecified atom stereocenters. The average Bonchev–Trinajstić information content (AvgIpc) is 2.25. The molecule has 0 radical (unpaired) electrons. The Labute approximate surface area is 97.7 Å². The van der Waals surface area contributed by atoms with Crippen molar-refractivity contribution in [1.29, 1.82) is 0 Å². The van der Waals surface area contributed by atoms with Gasteiger partial charge in [0.25, 0.3) is 0 Å². The molecule has 0 heterocycles. The van der Waals surface area contributed by atoms with Crippen molar-refractivity contribution < 1.29 is 14.3 Å². The van der Waals surface area contributed by atoms with Crippen LogP contribution in [0.4, 0.5) is 0 Å². The molecule has 5 nitrogen and oxygen atoms in total. The lowest BCUT2D eigenvalue weighted by Crippen LogP contribution is -2.26. The lowest BCUT2D eigenvalue weighted by Gasteiger charge is -2.12.